The van der Waals surface area contributed by atoms with Gasteiger partial charge in [-0.3, -0.25) is 0 Å². The van der Waals surface area contributed by atoms with E-state index in [-0.39, 0.29) is 5.92 Å². The first-order chi connectivity index (χ1) is 22.8. The molecule has 0 aromatic heterocycles. The summed E-state index contributed by atoms with van der Waals surface area (Å²) in [7, 11) is 0. The zero-order valence-corrected chi connectivity index (χ0v) is 25.5. The Morgan fingerprint density at radius 2 is 0.957 bits per heavy atom. The van der Waals surface area contributed by atoms with Crippen molar-refractivity contribution in [2.45, 2.75) is 5.92 Å². The van der Waals surface area contributed by atoms with Crippen molar-refractivity contribution in [2.24, 2.45) is 5.92 Å². The van der Waals surface area contributed by atoms with Gasteiger partial charge in [-0.05, 0) is 101 Å². The Morgan fingerprint density at radius 3 is 1.72 bits per heavy atom. The predicted octanol–water partition coefficient (Wildman–Crippen LogP) is 10.5. The van der Waals surface area contributed by atoms with E-state index in [0.717, 1.165) is 0 Å². The van der Waals surface area contributed by atoms with Gasteiger partial charge < -0.3 is 0 Å². The SMILES string of the molecule is C1=CC2=c3ccccc3=CC(c3cc(-c4ccccc4)cc(-c4ccc5cc(-c6ccc7ccccc7c6)ccc5c4)c3)C2C=C1. The molecule has 0 spiro atoms. The van der Waals surface area contributed by atoms with Crippen LogP contribution in [-0.2, 0) is 0 Å². The van der Waals surface area contributed by atoms with Crippen LogP contribution < -0.4 is 10.4 Å². The number of hydrogen-bond acceptors (Lipinski definition) is 0. The van der Waals surface area contributed by atoms with Gasteiger partial charge in [0.25, 0.3) is 0 Å². The molecule has 0 heterocycles. The van der Waals surface area contributed by atoms with Gasteiger partial charge in [-0.15, -0.1) is 0 Å². The van der Waals surface area contributed by atoms with Crippen molar-refractivity contribution in [2.75, 3.05) is 0 Å². The van der Waals surface area contributed by atoms with Gasteiger partial charge in [0, 0.05) is 11.8 Å². The molecule has 2 aliphatic rings. The maximum atomic E-state index is 2.48. The first-order valence-electron chi connectivity index (χ1n) is 16.2. The Morgan fingerprint density at radius 1 is 0.370 bits per heavy atom. The number of hydrogen-bond donors (Lipinski definition) is 0. The lowest BCUT2D eigenvalue weighted by atomic mass is 9.74. The van der Waals surface area contributed by atoms with E-state index in [0.29, 0.717) is 5.92 Å². The van der Waals surface area contributed by atoms with E-state index < -0.39 is 0 Å². The van der Waals surface area contributed by atoms with Crippen molar-refractivity contribution in [1.29, 1.82) is 0 Å². The highest BCUT2D eigenvalue weighted by atomic mass is 14.3. The minimum absolute atomic E-state index is 0.249. The van der Waals surface area contributed by atoms with E-state index in [1.54, 1.807) is 0 Å². The molecule has 9 rings (SSSR count). The molecule has 7 aromatic carbocycles. The summed E-state index contributed by atoms with van der Waals surface area (Å²) in [4.78, 5) is 0. The molecule has 0 radical (unpaired) electrons. The molecule has 0 amide bonds. The Hall–Kier alpha value is -5.72. The number of allylic oxidation sites excluding steroid dienone is 4. The number of fused-ring (bicyclic) bond motifs is 4. The molecule has 2 aliphatic carbocycles. The van der Waals surface area contributed by atoms with Gasteiger partial charge in [0.1, 0.15) is 0 Å². The van der Waals surface area contributed by atoms with Gasteiger partial charge >= 0.3 is 0 Å². The third kappa shape index (κ3) is 4.71. The van der Waals surface area contributed by atoms with Crippen LogP contribution in [0.5, 0.6) is 0 Å². The van der Waals surface area contributed by atoms with Gasteiger partial charge in [-0.2, -0.15) is 0 Å². The zero-order chi connectivity index (χ0) is 30.5. The van der Waals surface area contributed by atoms with E-state index in [4.69, 9.17) is 0 Å². The monoisotopic (exact) mass is 584 g/mol. The highest BCUT2D eigenvalue weighted by Gasteiger charge is 2.27. The van der Waals surface area contributed by atoms with Crippen LogP contribution in [0.4, 0.5) is 0 Å². The van der Waals surface area contributed by atoms with Crippen molar-refractivity contribution >= 4 is 33.2 Å². The van der Waals surface area contributed by atoms with E-state index in [1.807, 2.05) is 0 Å². The van der Waals surface area contributed by atoms with Gasteiger partial charge in [-0.1, -0.05) is 158 Å². The molecule has 0 saturated carbocycles. The average molecular weight is 585 g/mol. The highest BCUT2D eigenvalue weighted by Crippen LogP contribution is 2.40. The smallest absolute Gasteiger partial charge is 0.0131 e. The van der Waals surface area contributed by atoms with Gasteiger partial charge in [0.2, 0.25) is 0 Å². The molecule has 0 fully saturated rings. The summed E-state index contributed by atoms with van der Waals surface area (Å²) in [6, 6.07) is 55.9. The molecular formula is C46H32. The quantitative estimate of drug-likeness (QED) is 0.193. The molecule has 0 bridgehead atoms. The molecule has 216 valence electrons. The third-order valence-electron chi connectivity index (χ3n) is 9.79. The van der Waals surface area contributed by atoms with E-state index in [9.17, 15) is 0 Å². The first-order valence-corrected chi connectivity index (χ1v) is 16.2. The summed E-state index contributed by atoms with van der Waals surface area (Å²) in [6.45, 7) is 0. The van der Waals surface area contributed by atoms with E-state index in [1.165, 1.54) is 76.5 Å². The molecule has 0 heteroatoms. The summed E-state index contributed by atoms with van der Waals surface area (Å²) in [5.74, 6) is 0.558. The van der Waals surface area contributed by atoms with Crippen LogP contribution in [0.25, 0.3) is 66.6 Å². The Kier molecular flexibility index (Phi) is 6.39. The van der Waals surface area contributed by atoms with E-state index >= 15 is 0 Å². The van der Waals surface area contributed by atoms with Gasteiger partial charge in [-0.25, -0.2) is 0 Å². The molecule has 2 atom stereocenters. The Bertz CT molecular complexity index is 2480. The number of benzene rings is 7. The average Bonchev–Trinajstić information content (AvgIpc) is 3.14. The largest absolute Gasteiger partial charge is 0.0761 e. The van der Waals surface area contributed by atoms with Crippen LogP contribution in [0, 0.1) is 5.92 Å². The van der Waals surface area contributed by atoms with Crippen LogP contribution in [0.2, 0.25) is 0 Å². The molecule has 7 aromatic rings. The lowest BCUT2D eigenvalue weighted by molar-refractivity contribution is 0.742. The normalized spacial score (nSPS) is 16.7. The van der Waals surface area contributed by atoms with Crippen LogP contribution in [0.3, 0.4) is 0 Å². The molecule has 0 N–H and O–H groups in total. The Balaban J connectivity index is 1.16. The van der Waals surface area contributed by atoms with Crippen molar-refractivity contribution in [3.05, 3.63) is 192 Å². The predicted molar refractivity (Wildman–Crippen MR) is 196 cm³/mol. The van der Waals surface area contributed by atoms with Crippen LogP contribution in [-0.4, -0.2) is 0 Å². The summed E-state index contributed by atoms with van der Waals surface area (Å²) < 4.78 is 0. The fourth-order valence-electron chi connectivity index (χ4n) is 7.43. The Labute approximate surface area is 269 Å². The lowest BCUT2D eigenvalue weighted by Gasteiger charge is -2.29. The fourth-order valence-corrected chi connectivity index (χ4v) is 7.43. The molecule has 0 nitrogen and oxygen atoms in total. The number of rotatable bonds is 4. The topological polar surface area (TPSA) is 0 Å². The maximum Gasteiger partial charge on any atom is 0.0131 e. The van der Waals surface area contributed by atoms with Crippen LogP contribution in [0.15, 0.2) is 176 Å². The van der Waals surface area contributed by atoms with Gasteiger partial charge in [0.05, 0.1) is 0 Å². The summed E-state index contributed by atoms with van der Waals surface area (Å²) in [5.41, 5.74) is 10.2. The highest BCUT2D eigenvalue weighted by molar-refractivity contribution is 5.93. The molecular weight excluding hydrogens is 553 g/mol. The molecule has 2 unspecified atom stereocenters. The standard InChI is InChI=1S/C46H32/c1-2-10-31(11-3-1)40-27-41(29-42(28-40)46-30-39-14-6-7-15-43(39)44-16-8-9-17-45(44)46)38-23-22-36-25-35(20-21-37(36)26-38)34-19-18-32-12-4-5-13-33(32)24-34/h1-30,45-46H. The molecule has 46 heavy (non-hydrogen) atoms. The van der Waals surface area contributed by atoms with Crippen molar-refractivity contribution in [1.82, 2.24) is 0 Å². The zero-order valence-electron chi connectivity index (χ0n) is 25.5. The van der Waals surface area contributed by atoms with Crippen LogP contribution >= 0.6 is 0 Å². The lowest BCUT2D eigenvalue weighted by Crippen LogP contribution is -2.35. The van der Waals surface area contributed by atoms with Crippen molar-refractivity contribution in [3.8, 4) is 33.4 Å². The minimum Gasteiger partial charge on any atom is -0.0761 e. The first kappa shape index (κ1) is 26.7. The maximum absolute atomic E-state index is 2.48. The second kappa shape index (κ2) is 11.0. The second-order valence-corrected chi connectivity index (χ2v) is 12.6. The second-order valence-electron chi connectivity index (χ2n) is 12.6. The van der Waals surface area contributed by atoms with Crippen LogP contribution in [0.1, 0.15) is 11.5 Å². The van der Waals surface area contributed by atoms with Gasteiger partial charge in [0.15, 0.2) is 0 Å². The van der Waals surface area contributed by atoms with Crippen molar-refractivity contribution in [3.63, 3.8) is 0 Å². The van der Waals surface area contributed by atoms with Crippen molar-refractivity contribution < 1.29 is 0 Å². The van der Waals surface area contributed by atoms with E-state index in [2.05, 4.69) is 182 Å². The minimum atomic E-state index is 0.249. The third-order valence-corrected chi connectivity index (χ3v) is 9.79. The fraction of sp³-hybridized carbons (Fsp3) is 0.0435. The summed E-state index contributed by atoms with van der Waals surface area (Å²) >= 11 is 0. The molecule has 0 saturated heterocycles. The molecule has 0 aliphatic heterocycles. The summed E-state index contributed by atoms with van der Waals surface area (Å²) in [6.07, 6.45) is 11.6. The summed E-state index contributed by atoms with van der Waals surface area (Å²) in [5, 5.41) is 7.72.